The molecule has 0 aliphatic heterocycles. The van der Waals surface area contributed by atoms with Gasteiger partial charge in [-0.25, -0.2) is 0 Å². The molecule has 21 heavy (non-hydrogen) atoms. The van der Waals surface area contributed by atoms with Crippen molar-refractivity contribution in [3.05, 3.63) is 47.0 Å². The molecular formula is C15H15ClN2O3. The number of carbonyl (C=O) groups excluding carboxylic acids is 1. The van der Waals surface area contributed by atoms with E-state index in [0.29, 0.717) is 33.5 Å². The Kier molecular flexibility index (Phi) is 4.55. The van der Waals surface area contributed by atoms with Gasteiger partial charge in [-0.1, -0.05) is 11.6 Å². The lowest BCUT2D eigenvalue weighted by molar-refractivity contribution is 0.102. The highest BCUT2D eigenvalue weighted by Gasteiger charge is 2.15. The van der Waals surface area contributed by atoms with Gasteiger partial charge in [0.2, 0.25) is 0 Å². The Morgan fingerprint density at radius 1 is 1.14 bits per heavy atom. The van der Waals surface area contributed by atoms with Gasteiger partial charge in [0, 0.05) is 5.69 Å². The van der Waals surface area contributed by atoms with Crippen molar-refractivity contribution in [2.75, 3.05) is 25.3 Å². The predicted molar refractivity (Wildman–Crippen MR) is 83.4 cm³/mol. The first-order chi connectivity index (χ1) is 10.0. The van der Waals surface area contributed by atoms with Crippen LogP contribution in [0.3, 0.4) is 0 Å². The lowest BCUT2D eigenvalue weighted by Gasteiger charge is -2.12. The molecule has 2 aromatic rings. The fourth-order valence-electron chi connectivity index (χ4n) is 1.82. The summed E-state index contributed by atoms with van der Waals surface area (Å²) in [6.45, 7) is 0. The maximum atomic E-state index is 12.4. The molecule has 0 atom stereocenters. The van der Waals surface area contributed by atoms with Crippen molar-refractivity contribution in [2.24, 2.45) is 0 Å². The van der Waals surface area contributed by atoms with Crippen LogP contribution in [0.4, 0.5) is 11.4 Å². The normalized spacial score (nSPS) is 10.0. The molecule has 0 aliphatic carbocycles. The first-order valence-corrected chi connectivity index (χ1v) is 6.51. The van der Waals surface area contributed by atoms with Gasteiger partial charge in [-0.2, -0.15) is 0 Å². The summed E-state index contributed by atoms with van der Waals surface area (Å²) < 4.78 is 10.3. The number of amides is 1. The molecule has 6 heteroatoms. The summed E-state index contributed by atoms with van der Waals surface area (Å²) in [5, 5.41) is 3.11. The van der Waals surface area contributed by atoms with Crippen molar-refractivity contribution >= 4 is 28.9 Å². The fourth-order valence-corrected chi connectivity index (χ4v) is 1.98. The molecule has 0 bridgehead atoms. The second-order valence-corrected chi connectivity index (χ2v) is 4.67. The molecule has 0 fully saturated rings. The van der Waals surface area contributed by atoms with Crippen molar-refractivity contribution in [3.8, 4) is 11.5 Å². The Labute approximate surface area is 127 Å². The van der Waals surface area contributed by atoms with E-state index >= 15 is 0 Å². The third-order valence-electron chi connectivity index (χ3n) is 2.89. The number of nitrogen functional groups attached to an aromatic ring is 1. The Morgan fingerprint density at radius 2 is 1.90 bits per heavy atom. The number of nitrogens with two attached hydrogens (primary N) is 1. The van der Waals surface area contributed by atoms with E-state index in [1.54, 1.807) is 36.4 Å². The Bertz CT molecular complexity index is 674. The summed E-state index contributed by atoms with van der Waals surface area (Å²) in [5.41, 5.74) is 6.98. The summed E-state index contributed by atoms with van der Waals surface area (Å²) in [6, 6.07) is 9.83. The summed E-state index contributed by atoms with van der Waals surface area (Å²) in [7, 11) is 3.02. The molecule has 0 unspecified atom stereocenters. The topological polar surface area (TPSA) is 73.6 Å². The van der Waals surface area contributed by atoms with Gasteiger partial charge in [0.1, 0.15) is 11.5 Å². The number of rotatable bonds is 4. The number of halogens is 1. The molecule has 0 saturated heterocycles. The number of ether oxygens (including phenoxy) is 2. The average Bonchev–Trinajstić information content (AvgIpc) is 2.50. The van der Waals surface area contributed by atoms with Gasteiger partial charge in [0.05, 0.1) is 30.5 Å². The first kappa shape index (κ1) is 15.0. The van der Waals surface area contributed by atoms with Gasteiger partial charge >= 0.3 is 0 Å². The van der Waals surface area contributed by atoms with Gasteiger partial charge < -0.3 is 20.5 Å². The average molecular weight is 307 g/mol. The highest BCUT2D eigenvalue weighted by molar-refractivity contribution is 6.34. The van der Waals surface area contributed by atoms with Crippen LogP contribution in [0.25, 0.3) is 0 Å². The van der Waals surface area contributed by atoms with E-state index in [-0.39, 0.29) is 5.91 Å². The molecule has 0 radical (unpaired) electrons. The molecule has 0 aliphatic rings. The van der Waals surface area contributed by atoms with Crippen molar-refractivity contribution in [2.45, 2.75) is 0 Å². The summed E-state index contributed by atoms with van der Waals surface area (Å²) in [5.74, 6) is 0.631. The summed E-state index contributed by atoms with van der Waals surface area (Å²) in [6.07, 6.45) is 0. The van der Waals surface area contributed by atoms with Crippen molar-refractivity contribution in [1.29, 1.82) is 0 Å². The highest BCUT2D eigenvalue weighted by atomic mass is 35.5. The maximum absolute atomic E-state index is 12.4. The van der Waals surface area contributed by atoms with E-state index in [1.807, 2.05) is 0 Å². The van der Waals surface area contributed by atoms with Gasteiger partial charge in [-0.05, 0) is 36.4 Å². The van der Waals surface area contributed by atoms with Gasteiger partial charge in [-0.3, -0.25) is 4.79 Å². The lowest BCUT2D eigenvalue weighted by atomic mass is 10.1. The minimum atomic E-state index is -0.363. The fraction of sp³-hybridized carbons (Fsp3) is 0.133. The van der Waals surface area contributed by atoms with Crippen LogP contribution in [0.5, 0.6) is 11.5 Å². The third kappa shape index (κ3) is 3.38. The summed E-state index contributed by atoms with van der Waals surface area (Å²) >= 11 is 6.03. The number of nitrogens with one attached hydrogen (secondary N) is 1. The Morgan fingerprint density at radius 3 is 2.57 bits per heavy atom. The number of methoxy groups -OCH3 is 2. The van der Waals surface area contributed by atoms with E-state index in [2.05, 4.69) is 5.32 Å². The van der Waals surface area contributed by atoms with E-state index in [9.17, 15) is 4.79 Å². The molecule has 0 saturated carbocycles. The minimum absolute atomic E-state index is 0.343. The van der Waals surface area contributed by atoms with Crippen LogP contribution in [0.2, 0.25) is 5.02 Å². The van der Waals surface area contributed by atoms with E-state index < -0.39 is 0 Å². The smallest absolute Gasteiger partial charge is 0.259 e. The zero-order valence-electron chi connectivity index (χ0n) is 11.6. The molecule has 0 aromatic heterocycles. The number of hydrogen-bond donors (Lipinski definition) is 2. The standard InChI is InChI=1S/C15H15ClN2O3/c1-20-10-4-6-14(21-2)11(8-10)15(19)18-13-7-9(17)3-5-12(13)16/h3-8H,17H2,1-2H3,(H,18,19). The second-order valence-electron chi connectivity index (χ2n) is 4.26. The zero-order chi connectivity index (χ0) is 15.4. The molecule has 2 aromatic carbocycles. The lowest BCUT2D eigenvalue weighted by Crippen LogP contribution is -2.14. The molecular weight excluding hydrogens is 292 g/mol. The molecule has 1 amide bonds. The number of anilines is 2. The van der Waals surface area contributed by atoms with Crippen LogP contribution in [-0.2, 0) is 0 Å². The van der Waals surface area contributed by atoms with Crippen LogP contribution in [-0.4, -0.2) is 20.1 Å². The van der Waals surface area contributed by atoms with Crippen LogP contribution in [0.1, 0.15) is 10.4 Å². The quantitative estimate of drug-likeness (QED) is 0.851. The monoisotopic (exact) mass is 306 g/mol. The zero-order valence-corrected chi connectivity index (χ0v) is 12.4. The van der Waals surface area contributed by atoms with E-state index in [4.69, 9.17) is 26.8 Å². The van der Waals surface area contributed by atoms with Crippen molar-refractivity contribution in [1.82, 2.24) is 0 Å². The van der Waals surface area contributed by atoms with Crippen LogP contribution >= 0.6 is 11.6 Å². The molecule has 3 N–H and O–H groups in total. The second kappa shape index (κ2) is 6.37. The number of benzene rings is 2. The Balaban J connectivity index is 2.33. The summed E-state index contributed by atoms with van der Waals surface area (Å²) in [4.78, 5) is 12.4. The molecule has 5 nitrogen and oxygen atoms in total. The molecule has 0 spiro atoms. The van der Waals surface area contributed by atoms with E-state index in [0.717, 1.165) is 0 Å². The SMILES string of the molecule is COc1ccc(OC)c(C(=O)Nc2cc(N)ccc2Cl)c1. The number of hydrogen-bond acceptors (Lipinski definition) is 4. The Hall–Kier alpha value is -2.40. The maximum Gasteiger partial charge on any atom is 0.259 e. The molecule has 2 rings (SSSR count). The third-order valence-corrected chi connectivity index (χ3v) is 3.22. The molecule has 0 heterocycles. The van der Waals surface area contributed by atoms with Crippen LogP contribution in [0.15, 0.2) is 36.4 Å². The minimum Gasteiger partial charge on any atom is -0.497 e. The largest absolute Gasteiger partial charge is 0.497 e. The van der Waals surface area contributed by atoms with Gasteiger partial charge in [0.15, 0.2) is 0 Å². The van der Waals surface area contributed by atoms with Crippen LogP contribution in [0, 0.1) is 0 Å². The van der Waals surface area contributed by atoms with Crippen molar-refractivity contribution in [3.63, 3.8) is 0 Å². The number of carbonyl (C=O) groups is 1. The van der Waals surface area contributed by atoms with Gasteiger partial charge in [-0.15, -0.1) is 0 Å². The van der Waals surface area contributed by atoms with Crippen LogP contribution < -0.4 is 20.5 Å². The predicted octanol–water partition coefficient (Wildman–Crippen LogP) is 3.19. The highest BCUT2D eigenvalue weighted by Crippen LogP contribution is 2.28. The van der Waals surface area contributed by atoms with E-state index in [1.165, 1.54) is 14.2 Å². The van der Waals surface area contributed by atoms with Gasteiger partial charge in [0.25, 0.3) is 5.91 Å². The first-order valence-electron chi connectivity index (χ1n) is 6.13. The van der Waals surface area contributed by atoms with Crippen molar-refractivity contribution < 1.29 is 14.3 Å². The molecule has 110 valence electrons.